The highest BCUT2D eigenvalue weighted by atomic mass is 16.7. The van der Waals surface area contributed by atoms with E-state index in [0.717, 1.165) is 12.8 Å². The Kier molecular flexibility index (Phi) is 1.24. The van der Waals surface area contributed by atoms with E-state index in [4.69, 9.17) is 4.84 Å². The van der Waals surface area contributed by atoms with Gasteiger partial charge in [-0.1, -0.05) is 12.1 Å². The lowest BCUT2D eigenvalue weighted by atomic mass is 10.0. The Morgan fingerprint density at radius 1 is 1.88 bits per heavy atom. The van der Waals surface area contributed by atoms with Crippen molar-refractivity contribution < 1.29 is 4.84 Å². The van der Waals surface area contributed by atoms with Crippen LogP contribution in [-0.2, 0) is 4.84 Å². The van der Waals surface area contributed by atoms with Crippen LogP contribution in [0.15, 0.2) is 5.16 Å². The summed E-state index contributed by atoms with van der Waals surface area (Å²) in [7, 11) is 0. The molecule has 2 heteroatoms. The van der Waals surface area contributed by atoms with E-state index in [-0.39, 0.29) is 5.60 Å². The van der Waals surface area contributed by atoms with Gasteiger partial charge in [-0.15, -0.1) is 0 Å². The van der Waals surface area contributed by atoms with Crippen LogP contribution in [0.3, 0.4) is 0 Å². The van der Waals surface area contributed by atoms with Crippen molar-refractivity contribution in [1.29, 1.82) is 0 Å². The number of hydrogen-bond acceptors (Lipinski definition) is 2. The molecule has 1 aliphatic heterocycles. The first-order valence-electron chi connectivity index (χ1n) is 2.97. The standard InChI is InChI=1S/C6H11NO/c1-3-6(2)4-5-7-8-6/h5H,3-4H2,1-2H3. The van der Waals surface area contributed by atoms with Crippen molar-refractivity contribution >= 4 is 6.21 Å². The van der Waals surface area contributed by atoms with Gasteiger partial charge in [-0.3, -0.25) is 0 Å². The summed E-state index contributed by atoms with van der Waals surface area (Å²) in [6.45, 7) is 4.18. The summed E-state index contributed by atoms with van der Waals surface area (Å²) in [6, 6.07) is 0. The van der Waals surface area contributed by atoms with Crippen LogP contribution in [0.4, 0.5) is 0 Å². The Morgan fingerprint density at radius 3 is 2.88 bits per heavy atom. The monoisotopic (exact) mass is 113 g/mol. The van der Waals surface area contributed by atoms with Crippen LogP contribution in [0.25, 0.3) is 0 Å². The van der Waals surface area contributed by atoms with Gasteiger partial charge in [-0.25, -0.2) is 0 Å². The van der Waals surface area contributed by atoms with Crippen LogP contribution in [0.5, 0.6) is 0 Å². The van der Waals surface area contributed by atoms with E-state index in [0.29, 0.717) is 0 Å². The van der Waals surface area contributed by atoms with E-state index < -0.39 is 0 Å². The Labute approximate surface area is 49.5 Å². The lowest BCUT2D eigenvalue weighted by molar-refractivity contribution is -0.00604. The van der Waals surface area contributed by atoms with Crippen molar-refractivity contribution in [2.75, 3.05) is 0 Å². The summed E-state index contributed by atoms with van der Waals surface area (Å²) >= 11 is 0. The van der Waals surface area contributed by atoms with Gasteiger partial charge in [0, 0.05) is 12.6 Å². The molecule has 1 aliphatic rings. The van der Waals surface area contributed by atoms with Gasteiger partial charge < -0.3 is 4.84 Å². The molecule has 46 valence electrons. The first kappa shape index (κ1) is 5.60. The minimum Gasteiger partial charge on any atom is -0.389 e. The van der Waals surface area contributed by atoms with Crippen molar-refractivity contribution in [2.45, 2.75) is 32.3 Å². The molecular formula is C6H11NO. The maximum Gasteiger partial charge on any atom is 0.139 e. The quantitative estimate of drug-likeness (QED) is 0.505. The second-order valence-electron chi connectivity index (χ2n) is 2.39. The van der Waals surface area contributed by atoms with Crippen LogP contribution < -0.4 is 0 Å². The molecule has 0 saturated heterocycles. The molecule has 1 heterocycles. The molecule has 2 nitrogen and oxygen atoms in total. The summed E-state index contributed by atoms with van der Waals surface area (Å²) < 4.78 is 0. The number of hydrogen-bond donors (Lipinski definition) is 0. The molecule has 0 aliphatic carbocycles. The SMILES string of the molecule is CCC1(C)CC=NO1. The minimum absolute atomic E-state index is 0.0139. The molecule has 1 unspecified atom stereocenters. The normalized spacial score (nSPS) is 35.2. The van der Waals surface area contributed by atoms with E-state index >= 15 is 0 Å². The summed E-state index contributed by atoms with van der Waals surface area (Å²) in [5, 5.41) is 3.68. The molecule has 0 aromatic carbocycles. The molecule has 8 heavy (non-hydrogen) atoms. The third-order valence-electron chi connectivity index (χ3n) is 1.62. The Bertz CT molecular complexity index is 101. The average Bonchev–Trinajstić information content (AvgIpc) is 2.17. The maximum atomic E-state index is 5.06. The van der Waals surface area contributed by atoms with Crippen molar-refractivity contribution in [1.82, 2.24) is 0 Å². The third-order valence-corrected chi connectivity index (χ3v) is 1.62. The molecule has 1 atom stereocenters. The fourth-order valence-electron chi connectivity index (χ4n) is 0.641. The van der Waals surface area contributed by atoms with Gasteiger partial charge >= 0.3 is 0 Å². The van der Waals surface area contributed by atoms with Crippen molar-refractivity contribution in [2.24, 2.45) is 5.16 Å². The molecule has 0 N–H and O–H groups in total. The first-order chi connectivity index (χ1) is 3.77. The molecule has 0 bridgehead atoms. The Morgan fingerprint density at radius 2 is 2.62 bits per heavy atom. The molecule has 0 amide bonds. The molecule has 0 fully saturated rings. The van der Waals surface area contributed by atoms with Gasteiger partial charge in [0.25, 0.3) is 0 Å². The van der Waals surface area contributed by atoms with Gasteiger partial charge in [-0.05, 0) is 13.3 Å². The second kappa shape index (κ2) is 1.77. The molecular weight excluding hydrogens is 102 g/mol. The third kappa shape index (κ3) is 0.831. The van der Waals surface area contributed by atoms with E-state index in [1.54, 1.807) is 0 Å². The molecule has 0 aromatic heterocycles. The van der Waals surface area contributed by atoms with Crippen LogP contribution in [-0.4, -0.2) is 11.8 Å². The van der Waals surface area contributed by atoms with E-state index in [2.05, 4.69) is 19.0 Å². The number of nitrogens with zero attached hydrogens (tertiary/aromatic N) is 1. The summed E-state index contributed by atoms with van der Waals surface area (Å²) in [4.78, 5) is 5.06. The van der Waals surface area contributed by atoms with Gasteiger partial charge in [0.2, 0.25) is 0 Å². The highest BCUT2D eigenvalue weighted by Crippen LogP contribution is 2.22. The predicted molar refractivity (Wildman–Crippen MR) is 32.9 cm³/mol. The Balaban J connectivity index is 2.46. The van der Waals surface area contributed by atoms with E-state index in [1.807, 2.05) is 6.21 Å². The largest absolute Gasteiger partial charge is 0.389 e. The second-order valence-corrected chi connectivity index (χ2v) is 2.39. The van der Waals surface area contributed by atoms with Crippen molar-refractivity contribution in [3.05, 3.63) is 0 Å². The molecule has 0 aromatic rings. The predicted octanol–water partition coefficient (Wildman–Crippen LogP) is 1.56. The summed E-state index contributed by atoms with van der Waals surface area (Å²) in [5.41, 5.74) is 0.0139. The topological polar surface area (TPSA) is 21.6 Å². The van der Waals surface area contributed by atoms with Gasteiger partial charge in [0.15, 0.2) is 0 Å². The lowest BCUT2D eigenvalue weighted by Crippen LogP contribution is -2.21. The summed E-state index contributed by atoms with van der Waals surface area (Å²) in [6.07, 6.45) is 3.82. The molecule has 0 spiro atoms. The van der Waals surface area contributed by atoms with E-state index in [1.165, 1.54) is 0 Å². The van der Waals surface area contributed by atoms with Crippen LogP contribution in [0.2, 0.25) is 0 Å². The van der Waals surface area contributed by atoms with Gasteiger partial charge in [-0.2, -0.15) is 0 Å². The Hall–Kier alpha value is -0.530. The number of rotatable bonds is 1. The van der Waals surface area contributed by atoms with Crippen molar-refractivity contribution in [3.63, 3.8) is 0 Å². The van der Waals surface area contributed by atoms with Gasteiger partial charge in [0.05, 0.1) is 0 Å². The fraction of sp³-hybridized carbons (Fsp3) is 0.833. The van der Waals surface area contributed by atoms with E-state index in [9.17, 15) is 0 Å². The number of oxime groups is 1. The zero-order valence-electron chi connectivity index (χ0n) is 5.35. The maximum absolute atomic E-state index is 5.06. The van der Waals surface area contributed by atoms with Gasteiger partial charge in [0.1, 0.15) is 5.60 Å². The molecule has 0 radical (unpaired) electrons. The molecule has 1 rings (SSSR count). The zero-order chi connectivity index (χ0) is 6.04. The van der Waals surface area contributed by atoms with Crippen molar-refractivity contribution in [3.8, 4) is 0 Å². The smallest absolute Gasteiger partial charge is 0.139 e. The van der Waals surface area contributed by atoms with Crippen LogP contribution in [0.1, 0.15) is 26.7 Å². The first-order valence-corrected chi connectivity index (χ1v) is 2.97. The zero-order valence-corrected chi connectivity index (χ0v) is 5.35. The van der Waals surface area contributed by atoms with Crippen LogP contribution >= 0.6 is 0 Å². The highest BCUT2D eigenvalue weighted by Gasteiger charge is 2.26. The highest BCUT2D eigenvalue weighted by molar-refractivity contribution is 5.59. The lowest BCUT2D eigenvalue weighted by Gasteiger charge is -2.17. The fourth-order valence-corrected chi connectivity index (χ4v) is 0.641. The van der Waals surface area contributed by atoms with Crippen LogP contribution in [0, 0.1) is 0 Å². The minimum atomic E-state index is 0.0139. The molecule has 0 saturated carbocycles. The summed E-state index contributed by atoms with van der Waals surface area (Å²) in [5.74, 6) is 0. The average molecular weight is 113 g/mol.